The second-order valence-electron chi connectivity index (χ2n) is 3.29. The second-order valence-corrected chi connectivity index (χ2v) is 4.24. The van der Waals surface area contributed by atoms with Crippen LogP contribution in [0.1, 0.15) is 16.6 Å². The van der Waals surface area contributed by atoms with Crippen molar-refractivity contribution >= 4 is 29.1 Å². The van der Waals surface area contributed by atoms with Crippen LogP contribution in [0, 0.1) is 0 Å². The van der Waals surface area contributed by atoms with Crippen LogP contribution in [0.15, 0.2) is 17.5 Å². The molecule has 1 aromatic heterocycles. The molecule has 0 saturated carbocycles. The average molecular weight is 256 g/mol. The maximum Gasteiger partial charge on any atom is 0.325 e. The van der Waals surface area contributed by atoms with Gasteiger partial charge in [0.2, 0.25) is 5.91 Å². The Morgan fingerprint density at radius 2 is 2.18 bits per heavy atom. The van der Waals surface area contributed by atoms with Crippen LogP contribution in [0.2, 0.25) is 0 Å². The van der Waals surface area contributed by atoms with Crippen molar-refractivity contribution in [2.75, 3.05) is 6.54 Å². The molecule has 0 saturated heterocycles. The van der Waals surface area contributed by atoms with Gasteiger partial charge in [0.05, 0.1) is 11.4 Å². The van der Waals surface area contributed by atoms with Gasteiger partial charge < -0.3 is 15.7 Å². The first-order valence-electron chi connectivity index (χ1n) is 4.84. The van der Waals surface area contributed by atoms with E-state index in [0.29, 0.717) is 4.88 Å². The summed E-state index contributed by atoms with van der Waals surface area (Å²) in [5.41, 5.74) is 0. The average Bonchev–Trinajstić information content (AvgIpc) is 2.79. The van der Waals surface area contributed by atoms with Gasteiger partial charge in [-0.2, -0.15) is 0 Å². The number of carboxylic acid groups (broad SMARTS) is 1. The third kappa shape index (κ3) is 4.23. The van der Waals surface area contributed by atoms with Crippen LogP contribution >= 0.6 is 11.3 Å². The van der Waals surface area contributed by atoms with Gasteiger partial charge in [-0.05, 0) is 18.4 Å². The molecule has 0 radical (unpaired) electrons. The zero-order valence-electron chi connectivity index (χ0n) is 9.10. The van der Waals surface area contributed by atoms with Crippen LogP contribution < -0.4 is 10.6 Å². The largest absolute Gasteiger partial charge is 0.480 e. The summed E-state index contributed by atoms with van der Waals surface area (Å²) in [5, 5.41) is 14.9. The topological polar surface area (TPSA) is 95.5 Å². The molecule has 1 aromatic rings. The van der Waals surface area contributed by atoms with Gasteiger partial charge in [-0.1, -0.05) is 6.07 Å². The molecule has 1 atom stereocenters. The smallest absolute Gasteiger partial charge is 0.325 e. The number of aliphatic carboxylic acids is 1. The molecule has 0 aliphatic heterocycles. The van der Waals surface area contributed by atoms with Gasteiger partial charge in [0.15, 0.2) is 0 Å². The Morgan fingerprint density at radius 3 is 2.71 bits per heavy atom. The molecule has 7 heteroatoms. The molecule has 1 heterocycles. The summed E-state index contributed by atoms with van der Waals surface area (Å²) in [6, 6.07) is 2.39. The molecule has 2 amide bonds. The molecule has 6 nitrogen and oxygen atoms in total. The zero-order chi connectivity index (χ0) is 12.8. The first-order chi connectivity index (χ1) is 8.00. The normalized spacial score (nSPS) is 11.6. The number of rotatable bonds is 5. The fourth-order valence-electron chi connectivity index (χ4n) is 1.01. The maximum atomic E-state index is 11.4. The lowest BCUT2D eigenvalue weighted by Gasteiger charge is -2.09. The molecule has 0 aromatic carbocycles. The highest BCUT2D eigenvalue weighted by Gasteiger charge is 2.14. The van der Waals surface area contributed by atoms with E-state index in [2.05, 4.69) is 10.6 Å². The number of hydrogen-bond donors (Lipinski definition) is 3. The Hall–Kier alpha value is -1.89. The SMILES string of the molecule is C[C@H](NC(=O)CNC(=O)c1cccs1)C(=O)O. The minimum Gasteiger partial charge on any atom is -0.480 e. The number of amides is 2. The molecule has 1 rings (SSSR count). The van der Waals surface area contributed by atoms with Crippen LogP contribution in [0.5, 0.6) is 0 Å². The lowest BCUT2D eigenvalue weighted by atomic mass is 10.3. The van der Waals surface area contributed by atoms with Crippen molar-refractivity contribution in [1.29, 1.82) is 0 Å². The number of hydrogen-bond acceptors (Lipinski definition) is 4. The molecule has 0 aliphatic rings. The molecule has 3 N–H and O–H groups in total. The van der Waals surface area contributed by atoms with Gasteiger partial charge in [0, 0.05) is 0 Å². The van der Waals surface area contributed by atoms with E-state index in [-0.39, 0.29) is 12.5 Å². The van der Waals surface area contributed by atoms with E-state index in [9.17, 15) is 14.4 Å². The molecule has 92 valence electrons. The summed E-state index contributed by atoms with van der Waals surface area (Å²) in [6.45, 7) is 1.11. The van der Waals surface area contributed by atoms with Gasteiger partial charge in [-0.15, -0.1) is 11.3 Å². The van der Waals surface area contributed by atoms with E-state index in [1.165, 1.54) is 18.3 Å². The first-order valence-corrected chi connectivity index (χ1v) is 5.72. The van der Waals surface area contributed by atoms with Gasteiger partial charge in [0.25, 0.3) is 5.91 Å². The Labute approximate surface area is 102 Å². The third-order valence-corrected chi connectivity index (χ3v) is 2.77. The minimum absolute atomic E-state index is 0.242. The van der Waals surface area contributed by atoms with E-state index in [0.717, 1.165) is 0 Å². The number of nitrogens with one attached hydrogen (secondary N) is 2. The number of thiophene rings is 1. The third-order valence-electron chi connectivity index (χ3n) is 1.90. The van der Waals surface area contributed by atoms with E-state index in [1.807, 2.05) is 0 Å². The molecule has 17 heavy (non-hydrogen) atoms. The van der Waals surface area contributed by atoms with E-state index in [4.69, 9.17) is 5.11 Å². The monoisotopic (exact) mass is 256 g/mol. The standard InChI is InChI=1S/C10H12N2O4S/c1-6(10(15)16)12-8(13)5-11-9(14)7-3-2-4-17-7/h2-4,6H,5H2,1H3,(H,11,14)(H,12,13)(H,15,16)/t6-/m0/s1. The fourth-order valence-corrected chi connectivity index (χ4v) is 1.65. The Morgan fingerprint density at radius 1 is 1.47 bits per heavy atom. The highest BCUT2D eigenvalue weighted by molar-refractivity contribution is 7.12. The highest BCUT2D eigenvalue weighted by atomic mass is 32.1. The predicted octanol–water partition coefficient (Wildman–Crippen LogP) is 0.0672. The predicted molar refractivity (Wildman–Crippen MR) is 61.9 cm³/mol. The van der Waals surface area contributed by atoms with Gasteiger partial charge >= 0.3 is 5.97 Å². The Bertz CT molecular complexity index is 416. The molecule has 0 spiro atoms. The molecule has 0 fully saturated rings. The van der Waals surface area contributed by atoms with Crippen LogP contribution in [0.3, 0.4) is 0 Å². The maximum absolute atomic E-state index is 11.4. The molecule has 0 bridgehead atoms. The number of carbonyl (C=O) groups excluding carboxylic acids is 2. The lowest BCUT2D eigenvalue weighted by molar-refractivity contribution is -0.141. The molecular weight excluding hydrogens is 244 g/mol. The van der Waals surface area contributed by atoms with E-state index in [1.54, 1.807) is 17.5 Å². The second kappa shape index (κ2) is 6.00. The van der Waals surface area contributed by atoms with Crippen molar-refractivity contribution in [3.63, 3.8) is 0 Å². The molecular formula is C10H12N2O4S. The number of carbonyl (C=O) groups is 3. The van der Waals surface area contributed by atoms with Crippen molar-refractivity contribution in [3.8, 4) is 0 Å². The molecule has 0 unspecified atom stereocenters. The highest BCUT2D eigenvalue weighted by Crippen LogP contribution is 2.07. The summed E-state index contributed by atoms with van der Waals surface area (Å²) >= 11 is 1.26. The summed E-state index contributed by atoms with van der Waals surface area (Å²) in [5.74, 6) is -2.01. The quantitative estimate of drug-likeness (QED) is 0.694. The van der Waals surface area contributed by atoms with Gasteiger partial charge in [0.1, 0.15) is 6.04 Å². The van der Waals surface area contributed by atoms with Gasteiger partial charge in [-0.25, -0.2) is 0 Å². The zero-order valence-corrected chi connectivity index (χ0v) is 9.91. The van der Waals surface area contributed by atoms with Crippen molar-refractivity contribution in [3.05, 3.63) is 22.4 Å². The van der Waals surface area contributed by atoms with E-state index >= 15 is 0 Å². The first kappa shape index (κ1) is 13.2. The summed E-state index contributed by atoms with van der Waals surface area (Å²) in [6.07, 6.45) is 0. The minimum atomic E-state index is -1.12. The van der Waals surface area contributed by atoms with Crippen LogP contribution in [0.25, 0.3) is 0 Å². The lowest BCUT2D eigenvalue weighted by Crippen LogP contribution is -2.43. The van der Waals surface area contributed by atoms with Gasteiger partial charge in [-0.3, -0.25) is 14.4 Å². The number of carboxylic acids is 1. The van der Waals surface area contributed by atoms with Crippen molar-refractivity contribution in [2.45, 2.75) is 13.0 Å². The Kier molecular flexibility index (Phi) is 4.65. The van der Waals surface area contributed by atoms with E-state index < -0.39 is 17.9 Å². The van der Waals surface area contributed by atoms with Crippen LogP contribution in [0.4, 0.5) is 0 Å². The van der Waals surface area contributed by atoms with Crippen molar-refractivity contribution in [1.82, 2.24) is 10.6 Å². The van der Waals surface area contributed by atoms with Crippen molar-refractivity contribution < 1.29 is 19.5 Å². The summed E-state index contributed by atoms with van der Waals surface area (Å²) in [4.78, 5) is 33.6. The fraction of sp³-hybridized carbons (Fsp3) is 0.300. The summed E-state index contributed by atoms with van der Waals surface area (Å²) < 4.78 is 0. The Balaban J connectivity index is 2.34. The van der Waals surface area contributed by atoms with Crippen molar-refractivity contribution in [2.24, 2.45) is 0 Å². The molecule has 0 aliphatic carbocycles. The van der Waals surface area contributed by atoms with Crippen LogP contribution in [-0.4, -0.2) is 35.5 Å². The van der Waals surface area contributed by atoms with Crippen LogP contribution in [-0.2, 0) is 9.59 Å². The summed E-state index contributed by atoms with van der Waals surface area (Å²) in [7, 11) is 0.